The molecule has 1 fully saturated rings. The van der Waals surface area contributed by atoms with Crippen molar-refractivity contribution in [3.05, 3.63) is 21.7 Å². The van der Waals surface area contributed by atoms with Gasteiger partial charge in [-0.15, -0.1) is 0 Å². The molecule has 0 bridgehead atoms. The van der Waals surface area contributed by atoms with Gasteiger partial charge in [0.2, 0.25) is 0 Å². The van der Waals surface area contributed by atoms with Gasteiger partial charge in [-0.1, -0.05) is 19.3 Å². The molecule has 1 heterocycles. The van der Waals surface area contributed by atoms with Crippen LogP contribution in [0, 0.1) is 0 Å². The van der Waals surface area contributed by atoms with Gasteiger partial charge < -0.3 is 15.2 Å². The third-order valence-corrected chi connectivity index (χ3v) is 5.35. The van der Waals surface area contributed by atoms with Crippen molar-refractivity contribution < 1.29 is 14.3 Å². The quantitative estimate of drug-likeness (QED) is 0.847. The maximum atomic E-state index is 11.3. The summed E-state index contributed by atoms with van der Waals surface area (Å²) in [6, 6.07) is 2.01. The molecule has 4 nitrogen and oxygen atoms in total. The van der Waals surface area contributed by atoms with Gasteiger partial charge in [-0.05, 0) is 34.8 Å². The molecule has 0 atom stereocenters. The van der Waals surface area contributed by atoms with Crippen LogP contribution in [0.25, 0.3) is 0 Å². The lowest BCUT2D eigenvalue weighted by atomic mass is 9.69. The fourth-order valence-corrected chi connectivity index (χ4v) is 4.02. The molecule has 5 heteroatoms. The molecule has 21 heavy (non-hydrogen) atoms. The summed E-state index contributed by atoms with van der Waals surface area (Å²) in [7, 11) is 0. The number of halogens is 1. The number of ether oxygens (including phenoxy) is 2. The third kappa shape index (κ3) is 2.46. The van der Waals surface area contributed by atoms with E-state index in [4.69, 9.17) is 15.2 Å². The molecule has 0 amide bonds. The van der Waals surface area contributed by atoms with Crippen LogP contribution in [0.1, 0.15) is 48.0 Å². The fourth-order valence-electron chi connectivity index (χ4n) is 3.51. The van der Waals surface area contributed by atoms with Gasteiger partial charge in [0.1, 0.15) is 13.2 Å². The van der Waals surface area contributed by atoms with Crippen LogP contribution in [0.5, 0.6) is 11.5 Å². The van der Waals surface area contributed by atoms with E-state index in [9.17, 15) is 4.79 Å². The van der Waals surface area contributed by atoms with Crippen molar-refractivity contribution in [2.75, 3.05) is 19.8 Å². The van der Waals surface area contributed by atoms with Crippen LogP contribution < -0.4 is 15.2 Å². The fraction of sp³-hybridized carbons (Fsp3) is 0.562. The lowest BCUT2D eigenvalue weighted by Gasteiger charge is -2.39. The summed E-state index contributed by atoms with van der Waals surface area (Å²) < 4.78 is 12.4. The number of benzene rings is 1. The van der Waals surface area contributed by atoms with Crippen LogP contribution in [0.15, 0.2) is 10.5 Å². The molecule has 1 saturated carbocycles. The molecule has 0 radical (unpaired) electrons. The Morgan fingerprint density at radius 3 is 2.48 bits per heavy atom. The van der Waals surface area contributed by atoms with Crippen molar-refractivity contribution in [2.24, 2.45) is 5.73 Å². The number of rotatable bonds is 3. The van der Waals surface area contributed by atoms with Crippen LogP contribution in [0.3, 0.4) is 0 Å². The molecule has 0 unspecified atom stereocenters. The highest BCUT2D eigenvalue weighted by atomic mass is 79.9. The molecule has 0 saturated heterocycles. The van der Waals surface area contributed by atoms with E-state index >= 15 is 0 Å². The zero-order chi connectivity index (χ0) is 14.9. The first-order chi connectivity index (χ1) is 10.2. The second-order valence-corrected chi connectivity index (χ2v) is 6.69. The van der Waals surface area contributed by atoms with Crippen LogP contribution >= 0.6 is 15.9 Å². The van der Waals surface area contributed by atoms with Crippen LogP contribution in [-0.2, 0) is 5.41 Å². The molecule has 2 N–H and O–H groups in total. The van der Waals surface area contributed by atoms with Gasteiger partial charge in [0, 0.05) is 22.0 Å². The molecule has 1 aliphatic heterocycles. The number of hydrogen-bond acceptors (Lipinski definition) is 4. The van der Waals surface area contributed by atoms with Crippen molar-refractivity contribution in [1.29, 1.82) is 0 Å². The van der Waals surface area contributed by atoms with Gasteiger partial charge in [-0.2, -0.15) is 0 Å². The van der Waals surface area contributed by atoms with Gasteiger partial charge in [0.05, 0.1) is 5.56 Å². The molecule has 1 aromatic rings. The number of carbonyl (C=O) groups excluding carboxylic acids is 1. The Morgan fingerprint density at radius 1 is 1.19 bits per heavy atom. The van der Waals surface area contributed by atoms with Gasteiger partial charge in [0.25, 0.3) is 0 Å². The van der Waals surface area contributed by atoms with Crippen molar-refractivity contribution >= 4 is 22.2 Å². The number of aldehydes is 1. The second kappa shape index (κ2) is 5.97. The molecule has 0 aromatic heterocycles. The first-order valence-electron chi connectivity index (χ1n) is 7.50. The summed E-state index contributed by atoms with van der Waals surface area (Å²) in [5.74, 6) is 1.29. The highest BCUT2D eigenvalue weighted by molar-refractivity contribution is 9.10. The Hall–Kier alpha value is -1.07. The summed E-state index contributed by atoms with van der Waals surface area (Å²) in [5, 5.41) is 0. The van der Waals surface area contributed by atoms with E-state index in [2.05, 4.69) is 15.9 Å². The van der Waals surface area contributed by atoms with Gasteiger partial charge >= 0.3 is 0 Å². The Morgan fingerprint density at radius 2 is 1.86 bits per heavy atom. The molecule has 114 valence electrons. The van der Waals surface area contributed by atoms with E-state index in [0.717, 1.165) is 34.9 Å². The summed E-state index contributed by atoms with van der Waals surface area (Å²) in [6.45, 7) is 1.58. The first kappa shape index (κ1) is 14.9. The van der Waals surface area contributed by atoms with E-state index in [1.54, 1.807) is 0 Å². The average Bonchev–Trinajstić information content (AvgIpc) is 2.55. The summed E-state index contributed by atoms with van der Waals surface area (Å²) >= 11 is 3.50. The van der Waals surface area contributed by atoms with Crippen LogP contribution in [0.4, 0.5) is 0 Å². The summed E-state index contributed by atoms with van der Waals surface area (Å²) in [5.41, 5.74) is 7.70. The number of fused-ring (bicyclic) bond motifs is 1. The minimum absolute atomic E-state index is 0.0625. The van der Waals surface area contributed by atoms with Crippen molar-refractivity contribution in [2.45, 2.75) is 37.5 Å². The number of hydrogen-bond donors (Lipinski definition) is 1. The Labute approximate surface area is 133 Å². The summed E-state index contributed by atoms with van der Waals surface area (Å²) in [6.07, 6.45) is 6.56. The summed E-state index contributed by atoms with van der Waals surface area (Å²) in [4.78, 5) is 11.3. The monoisotopic (exact) mass is 353 g/mol. The largest absolute Gasteiger partial charge is 0.486 e. The van der Waals surface area contributed by atoms with E-state index in [1.807, 2.05) is 6.07 Å². The normalized spacial score (nSPS) is 20.1. The smallest absolute Gasteiger partial charge is 0.173 e. The van der Waals surface area contributed by atoms with E-state index in [0.29, 0.717) is 31.1 Å². The van der Waals surface area contributed by atoms with Crippen LogP contribution in [-0.4, -0.2) is 26.0 Å². The molecule has 3 rings (SSSR count). The van der Waals surface area contributed by atoms with Gasteiger partial charge in [0.15, 0.2) is 17.8 Å². The van der Waals surface area contributed by atoms with Crippen molar-refractivity contribution in [3.63, 3.8) is 0 Å². The Bertz CT molecular complexity index is 553. The molecule has 1 aromatic carbocycles. The second-order valence-electron chi connectivity index (χ2n) is 5.84. The SMILES string of the molecule is NCC1(c2cc(Br)c(C=O)c3c2OCCO3)CCCCC1. The molecule has 1 aliphatic carbocycles. The minimum atomic E-state index is -0.0625. The van der Waals surface area contributed by atoms with E-state index in [-0.39, 0.29) is 5.41 Å². The molecular weight excluding hydrogens is 334 g/mol. The van der Waals surface area contributed by atoms with Gasteiger partial charge in [-0.3, -0.25) is 4.79 Å². The first-order valence-corrected chi connectivity index (χ1v) is 8.29. The standard InChI is InChI=1S/C16H20BrNO3/c17-13-8-12(16(10-18)4-2-1-3-5-16)15-14(11(13)9-19)20-6-7-21-15/h8-9H,1-7,10,18H2. The molecule has 2 aliphatic rings. The maximum Gasteiger partial charge on any atom is 0.173 e. The highest BCUT2D eigenvalue weighted by Gasteiger charge is 2.38. The van der Waals surface area contributed by atoms with E-state index in [1.165, 1.54) is 19.3 Å². The number of carbonyl (C=O) groups is 1. The number of nitrogens with two attached hydrogens (primary N) is 1. The van der Waals surface area contributed by atoms with Crippen LogP contribution in [0.2, 0.25) is 0 Å². The lowest BCUT2D eigenvalue weighted by molar-refractivity contribution is 0.110. The molecular formula is C16H20BrNO3. The predicted octanol–water partition coefficient (Wildman–Crippen LogP) is 3.19. The lowest BCUT2D eigenvalue weighted by Crippen LogP contribution is -2.38. The van der Waals surface area contributed by atoms with Crippen molar-refractivity contribution in [1.82, 2.24) is 0 Å². The Kier molecular flexibility index (Phi) is 4.22. The van der Waals surface area contributed by atoms with Gasteiger partial charge in [-0.25, -0.2) is 0 Å². The predicted molar refractivity (Wildman–Crippen MR) is 84.3 cm³/mol. The van der Waals surface area contributed by atoms with E-state index < -0.39 is 0 Å². The maximum absolute atomic E-state index is 11.3. The zero-order valence-electron chi connectivity index (χ0n) is 12.0. The minimum Gasteiger partial charge on any atom is -0.486 e. The third-order valence-electron chi connectivity index (χ3n) is 4.69. The molecule has 0 spiro atoms. The zero-order valence-corrected chi connectivity index (χ0v) is 13.6. The van der Waals surface area contributed by atoms with Crippen molar-refractivity contribution in [3.8, 4) is 11.5 Å². The Balaban J connectivity index is 2.17. The topological polar surface area (TPSA) is 61.6 Å². The average molecular weight is 354 g/mol. The highest BCUT2D eigenvalue weighted by Crippen LogP contribution is 2.49.